The molecular weight excluding hydrogens is 177 g/mol. The molecule has 0 fully saturated rings. The van der Waals surface area contributed by atoms with Gasteiger partial charge in [0.25, 0.3) is 0 Å². The Bertz CT molecular complexity index is 10.1. The second kappa shape index (κ2) is 544. The Balaban J connectivity index is -0.00000000900. The van der Waals surface area contributed by atoms with Gasteiger partial charge < -0.3 is 15.3 Å². The van der Waals surface area contributed by atoms with Crippen molar-refractivity contribution in [1.29, 1.82) is 0 Å². The first-order valence-corrected chi connectivity index (χ1v) is 1.22. The van der Waals surface area contributed by atoms with Crippen molar-refractivity contribution in [1.82, 2.24) is 0 Å². The van der Waals surface area contributed by atoms with Crippen LogP contribution in [-0.2, 0) is 22.4 Å². The Morgan fingerprint density at radius 3 is 0.571 bits per heavy atom. The smallest absolute Gasteiger partial charge is 0.857 e. The van der Waals surface area contributed by atoms with Crippen LogP contribution in [0.2, 0.25) is 0 Å². The Labute approximate surface area is 59.5 Å². The van der Waals surface area contributed by atoms with Crippen LogP contribution in [0, 0.1) is 0 Å². The summed E-state index contributed by atoms with van der Waals surface area (Å²) in [7, 11) is 2.25. The molecule has 7 heavy (non-hydrogen) atoms. The second-order valence-corrected chi connectivity index (χ2v) is 0. The van der Waals surface area contributed by atoms with Gasteiger partial charge in [-0.05, 0) is 0 Å². The van der Waals surface area contributed by atoms with Gasteiger partial charge in [-0.15, -0.1) is 0 Å². The summed E-state index contributed by atoms with van der Waals surface area (Å²) < 4.78 is 0. The predicted molar refractivity (Wildman–Crippen MR) is 17.8 cm³/mol. The molecule has 0 spiro atoms. The van der Waals surface area contributed by atoms with Gasteiger partial charge in [-0.3, -0.25) is 0 Å². The molecule has 4 heteroatoms. The van der Waals surface area contributed by atoms with Gasteiger partial charge >= 0.3 is 22.4 Å². The summed E-state index contributed by atoms with van der Waals surface area (Å²) in [6.07, 6.45) is 0. The first-order valence-electron chi connectivity index (χ1n) is 1.22. The summed E-state index contributed by atoms with van der Waals surface area (Å²) in [4.78, 5) is 0. The van der Waals surface area contributed by atoms with E-state index in [2.05, 4.69) is 0 Å². The van der Waals surface area contributed by atoms with E-state index < -0.39 is 0 Å². The van der Waals surface area contributed by atoms with Crippen LogP contribution in [0.5, 0.6) is 0 Å². The van der Waals surface area contributed by atoms with E-state index in [1.165, 1.54) is 0 Å². The largest absolute Gasteiger partial charge is 3.00 e. The molecule has 0 unspecified atom stereocenters. The third-order valence-corrected chi connectivity index (χ3v) is 0. The molecule has 0 aromatic heterocycles. The van der Waals surface area contributed by atoms with Gasteiger partial charge in [0, 0.05) is 0 Å². The molecule has 0 atom stereocenters. The zero-order valence-corrected chi connectivity index (χ0v) is 6.87. The van der Waals surface area contributed by atoms with Crippen LogP contribution < -0.4 is 15.3 Å². The van der Waals surface area contributed by atoms with E-state index in [1.54, 1.807) is 0 Å². The third-order valence-electron chi connectivity index (χ3n) is 0. The molecular formula is C3H9NbO3. The van der Waals surface area contributed by atoms with Gasteiger partial charge in [-0.25, -0.2) is 0 Å². The van der Waals surface area contributed by atoms with Gasteiger partial charge in [-0.1, -0.05) is 0 Å². The number of hydrogen-bond donors (Lipinski definition) is 0. The maximum atomic E-state index is 8.25. The van der Waals surface area contributed by atoms with Crippen LogP contribution in [0.15, 0.2) is 0 Å². The van der Waals surface area contributed by atoms with Crippen LogP contribution in [0.4, 0.5) is 0 Å². The van der Waals surface area contributed by atoms with E-state index in [1.807, 2.05) is 0 Å². The molecule has 0 saturated carbocycles. The molecule has 0 saturated heterocycles. The monoisotopic (exact) mass is 186 g/mol. The molecule has 44 valence electrons. The minimum absolute atomic E-state index is 0. The zero-order valence-electron chi connectivity index (χ0n) is 4.67. The average molecular weight is 186 g/mol. The minimum atomic E-state index is 0. The molecule has 0 aromatic rings. The molecule has 0 aliphatic rings. The quantitative estimate of drug-likeness (QED) is 0.377. The Morgan fingerprint density at radius 2 is 0.571 bits per heavy atom. The fourth-order valence-electron chi connectivity index (χ4n) is 0. The number of rotatable bonds is 0. The Hall–Kier alpha value is 0.620. The van der Waals surface area contributed by atoms with E-state index in [0.29, 0.717) is 0 Å². The van der Waals surface area contributed by atoms with Crippen molar-refractivity contribution in [3.8, 4) is 0 Å². The fraction of sp³-hybridized carbons (Fsp3) is 1.00. The van der Waals surface area contributed by atoms with Crippen LogP contribution in [0.25, 0.3) is 0 Å². The van der Waals surface area contributed by atoms with Crippen molar-refractivity contribution in [3.63, 3.8) is 0 Å². The molecule has 0 bridgehead atoms. The van der Waals surface area contributed by atoms with Crippen molar-refractivity contribution in [3.05, 3.63) is 0 Å². The molecule has 0 aromatic carbocycles. The molecule has 0 heterocycles. The maximum Gasteiger partial charge on any atom is 3.00 e. The van der Waals surface area contributed by atoms with Crippen LogP contribution in [0.1, 0.15) is 0 Å². The average Bonchev–Trinajstić information content (AvgIpc) is 1.81. The molecule has 0 rings (SSSR count). The fourth-order valence-corrected chi connectivity index (χ4v) is 0. The molecule has 0 N–H and O–H groups in total. The SMILES string of the molecule is C[O-].C[O-].C[O-].[Nb+3]. The van der Waals surface area contributed by atoms with Crippen LogP contribution in [-0.4, -0.2) is 21.3 Å². The van der Waals surface area contributed by atoms with E-state index in [0.717, 1.165) is 21.3 Å². The van der Waals surface area contributed by atoms with E-state index in [-0.39, 0.29) is 22.4 Å². The van der Waals surface area contributed by atoms with Crippen LogP contribution >= 0.6 is 0 Å². The second-order valence-electron chi connectivity index (χ2n) is 0. The van der Waals surface area contributed by atoms with E-state index >= 15 is 0 Å². The minimum Gasteiger partial charge on any atom is -0.857 e. The topological polar surface area (TPSA) is 69.2 Å². The standard InChI is InChI=1S/3CH3O.Nb/c3*1-2;/h3*1H3;/q3*-1;+3. The first kappa shape index (κ1) is 25.5. The maximum absolute atomic E-state index is 8.25. The Kier molecular flexibility index (Phi) is 1980. The predicted octanol–water partition coefficient (Wildman–Crippen LogP) is -3.07. The molecule has 0 aliphatic carbocycles. The van der Waals surface area contributed by atoms with Gasteiger partial charge in [-0.2, -0.15) is 21.3 Å². The van der Waals surface area contributed by atoms with Crippen molar-refractivity contribution >= 4 is 0 Å². The normalized spacial score (nSPS) is 2.57. The van der Waals surface area contributed by atoms with Crippen molar-refractivity contribution in [2.24, 2.45) is 0 Å². The zero-order chi connectivity index (χ0) is 6.00. The van der Waals surface area contributed by atoms with Crippen LogP contribution in [0.3, 0.4) is 0 Å². The summed E-state index contributed by atoms with van der Waals surface area (Å²) in [5, 5.41) is 24.8. The third kappa shape index (κ3) is 367. The van der Waals surface area contributed by atoms with Crippen molar-refractivity contribution in [2.75, 3.05) is 21.3 Å². The molecule has 3 nitrogen and oxygen atoms in total. The summed E-state index contributed by atoms with van der Waals surface area (Å²) in [6, 6.07) is 0. The molecule has 0 aliphatic heterocycles. The summed E-state index contributed by atoms with van der Waals surface area (Å²) in [5.41, 5.74) is 0. The number of hydrogen-bond acceptors (Lipinski definition) is 3. The summed E-state index contributed by atoms with van der Waals surface area (Å²) in [6.45, 7) is 0. The van der Waals surface area contributed by atoms with Gasteiger partial charge in [0.15, 0.2) is 0 Å². The summed E-state index contributed by atoms with van der Waals surface area (Å²) >= 11 is 0. The van der Waals surface area contributed by atoms with Gasteiger partial charge in [0.1, 0.15) is 0 Å². The van der Waals surface area contributed by atoms with Gasteiger partial charge in [0.05, 0.1) is 0 Å². The van der Waals surface area contributed by atoms with Crippen molar-refractivity contribution in [2.45, 2.75) is 0 Å². The van der Waals surface area contributed by atoms with Gasteiger partial charge in [0.2, 0.25) is 0 Å². The molecule has 0 radical (unpaired) electrons. The first-order chi connectivity index (χ1) is 3.00. The molecule has 0 amide bonds. The van der Waals surface area contributed by atoms with Crippen molar-refractivity contribution < 1.29 is 37.7 Å². The van der Waals surface area contributed by atoms with E-state index in [9.17, 15) is 0 Å². The Morgan fingerprint density at radius 1 is 0.571 bits per heavy atom. The van der Waals surface area contributed by atoms with E-state index in [4.69, 9.17) is 15.3 Å². The summed E-state index contributed by atoms with van der Waals surface area (Å²) in [5.74, 6) is 0.